The molecule has 0 aliphatic carbocycles. The van der Waals surface area contributed by atoms with Crippen LogP contribution in [0.1, 0.15) is 30.6 Å². The highest BCUT2D eigenvalue weighted by Gasteiger charge is 2.10. The van der Waals surface area contributed by atoms with Crippen molar-refractivity contribution >= 4 is 41.1 Å². The van der Waals surface area contributed by atoms with Crippen LogP contribution in [0, 0.1) is 0 Å². The first kappa shape index (κ1) is 17.7. The lowest BCUT2D eigenvalue weighted by Crippen LogP contribution is -2.36. The molecule has 0 saturated heterocycles. The average molecular weight is 331 g/mol. The van der Waals surface area contributed by atoms with Gasteiger partial charge in [-0.2, -0.15) is 11.8 Å². The maximum absolute atomic E-state index is 11.8. The number of carboxylic acid groups (broad SMARTS) is 1. The minimum Gasteiger partial charge on any atom is -0.478 e. The van der Waals surface area contributed by atoms with Crippen molar-refractivity contribution < 1.29 is 14.7 Å². The van der Waals surface area contributed by atoms with Gasteiger partial charge in [0.05, 0.1) is 5.56 Å². The molecule has 0 bridgehead atoms. The number of rotatable bonds is 7. The van der Waals surface area contributed by atoms with Crippen molar-refractivity contribution in [2.24, 2.45) is 0 Å². The molecule has 0 spiro atoms. The molecule has 5 nitrogen and oxygen atoms in total. The Morgan fingerprint density at radius 1 is 1.38 bits per heavy atom. The van der Waals surface area contributed by atoms with Crippen LogP contribution >= 0.6 is 23.4 Å². The molecule has 1 unspecified atom stereocenters. The third-order valence-corrected chi connectivity index (χ3v) is 3.83. The number of halogens is 1. The molecule has 0 aliphatic rings. The minimum atomic E-state index is -1.09. The van der Waals surface area contributed by atoms with E-state index in [-0.39, 0.29) is 22.7 Å². The van der Waals surface area contributed by atoms with Gasteiger partial charge in [0.2, 0.25) is 0 Å². The Morgan fingerprint density at radius 2 is 2.10 bits per heavy atom. The van der Waals surface area contributed by atoms with Crippen molar-refractivity contribution in [1.29, 1.82) is 0 Å². The smallest absolute Gasteiger partial charge is 0.335 e. The Bertz CT molecular complexity index is 511. The number of carbonyl (C=O) groups is 2. The predicted octanol–water partition coefficient (Wildman–Crippen LogP) is 3.69. The van der Waals surface area contributed by atoms with Crippen LogP contribution in [-0.4, -0.2) is 34.7 Å². The van der Waals surface area contributed by atoms with Gasteiger partial charge in [0.1, 0.15) is 0 Å². The molecule has 1 aromatic rings. The summed E-state index contributed by atoms with van der Waals surface area (Å²) in [5, 5.41) is 14.6. The van der Waals surface area contributed by atoms with Gasteiger partial charge in [0.15, 0.2) is 0 Å². The summed E-state index contributed by atoms with van der Waals surface area (Å²) in [5.41, 5.74) is 0.387. The van der Waals surface area contributed by atoms with E-state index in [0.29, 0.717) is 5.69 Å². The minimum absolute atomic E-state index is 0.0326. The molecule has 0 saturated carbocycles. The summed E-state index contributed by atoms with van der Waals surface area (Å²) in [6, 6.07) is 3.87. The predicted molar refractivity (Wildman–Crippen MR) is 87.6 cm³/mol. The number of urea groups is 1. The molecule has 116 valence electrons. The van der Waals surface area contributed by atoms with Crippen molar-refractivity contribution in [1.82, 2.24) is 5.32 Å². The highest BCUT2D eigenvalue weighted by molar-refractivity contribution is 7.99. The maximum atomic E-state index is 11.8. The van der Waals surface area contributed by atoms with Crippen molar-refractivity contribution in [3.8, 4) is 0 Å². The van der Waals surface area contributed by atoms with Gasteiger partial charge in [0, 0.05) is 16.8 Å². The van der Waals surface area contributed by atoms with Crippen LogP contribution in [0.2, 0.25) is 5.02 Å². The largest absolute Gasteiger partial charge is 0.478 e. The van der Waals surface area contributed by atoms with E-state index in [1.807, 2.05) is 18.7 Å². The number of thioether (sulfide) groups is 1. The first-order chi connectivity index (χ1) is 9.92. The highest BCUT2D eigenvalue weighted by atomic mass is 35.5. The third kappa shape index (κ3) is 6.73. The molecule has 1 aromatic carbocycles. The summed E-state index contributed by atoms with van der Waals surface area (Å²) >= 11 is 7.65. The summed E-state index contributed by atoms with van der Waals surface area (Å²) in [4.78, 5) is 22.8. The van der Waals surface area contributed by atoms with Crippen molar-refractivity contribution in [2.45, 2.75) is 26.3 Å². The van der Waals surface area contributed by atoms with E-state index in [1.165, 1.54) is 18.2 Å². The van der Waals surface area contributed by atoms with Gasteiger partial charge in [-0.3, -0.25) is 0 Å². The second kappa shape index (κ2) is 8.79. The fourth-order valence-corrected chi connectivity index (χ4v) is 2.70. The molecular formula is C14H19ClN2O3S. The quantitative estimate of drug-likeness (QED) is 0.666. The molecule has 3 N–H and O–H groups in total. The van der Waals surface area contributed by atoms with Gasteiger partial charge in [0.25, 0.3) is 0 Å². The van der Waals surface area contributed by atoms with Gasteiger partial charge in [-0.25, -0.2) is 9.59 Å². The fourth-order valence-electron chi connectivity index (χ4n) is 1.65. The van der Waals surface area contributed by atoms with Crippen LogP contribution in [0.25, 0.3) is 0 Å². The molecule has 0 fully saturated rings. The first-order valence-corrected chi connectivity index (χ1v) is 8.14. The number of hydrogen-bond donors (Lipinski definition) is 3. The molecule has 2 amide bonds. The van der Waals surface area contributed by atoms with Gasteiger partial charge < -0.3 is 15.7 Å². The maximum Gasteiger partial charge on any atom is 0.335 e. The van der Waals surface area contributed by atoms with E-state index < -0.39 is 5.97 Å². The Kier molecular flexibility index (Phi) is 7.39. The van der Waals surface area contributed by atoms with Gasteiger partial charge >= 0.3 is 12.0 Å². The summed E-state index contributed by atoms with van der Waals surface area (Å²) in [5.74, 6) is 0.948. The van der Waals surface area contributed by atoms with Crippen LogP contribution in [0.3, 0.4) is 0 Å². The zero-order valence-electron chi connectivity index (χ0n) is 12.0. The lowest BCUT2D eigenvalue weighted by molar-refractivity contribution is 0.0697. The Labute approximate surface area is 133 Å². The third-order valence-electron chi connectivity index (χ3n) is 2.68. The monoisotopic (exact) mass is 330 g/mol. The van der Waals surface area contributed by atoms with Gasteiger partial charge in [-0.05, 0) is 43.0 Å². The van der Waals surface area contributed by atoms with Crippen LogP contribution in [0.15, 0.2) is 18.2 Å². The molecule has 21 heavy (non-hydrogen) atoms. The molecule has 1 rings (SSSR count). The Hall–Kier alpha value is -1.40. The number of carboxylic acids is 1. The fraction of sp³-hybridized carbons (Fsp3) is 0.429. The van der Waals surface area contributed by atoms with E-state index in [9.17, 15) is 9.59 Å². The standard InChI is InChI=1S/C14H19ClN2O3S/c1-3-21-5-4-9(2)16-14(20)17-12-7-10(13(18)19)6-11(15)8-12/h6-9H,3-5H2,1-2H3,(H,18,19)(H2,16,17,20). The molecule has 0 radical (unpaired) electrons. The van der Waals surface area contributed by atoms with Gasteiger partial charge in [-0.1, -0.05) is 18.5 Å². The number of carbonyl (C=O) groups excluding carboxylic acids is 1. The lowest BCUT2D eigenvalue weighted by atomic mass is 10.2. The number of aromatic carboxylic acids is 1. The molecule has 0 aliphatic heterocycles. The van der Waals surface area contributed by atoms with Gasteiger partial charge in [-0.15, -0.1) is 0 Å². The van der Waals surface area contributed by atoms with E-state index >= 15 is 0 Å². The summed E-state index contributed by atoms with van der Waals surface area (Å²) in [6.07, 6.45) is 0.877. The topological polar surface area (TPSA) is 78.4 Å². The number of hydrogen-bond acceptors (Lipinski definition) is 3. The lowest BCUT2D eigenvalue weighted by Gasteiger charge is -2.14. The average Bonchev–Trinajstić information content (AvgIpc) is 2.37. The number of amides is 2. The zero-order chi connectivity index (χ0) is 15.8. The summed E-state index contributed by atoms with van der Waals surface area (Å²) in [7, 11) is 0. The zero-order valence-corrected chi connectivity index (χ0v) is 13.6. The second-order valence-electron chi connectivity index (χ2n) is 4.52. The van der Waals surface area contributed by atoms with Crippen LogP contribution < -0.4 is 10.6 Å². The molecule has 7 heteroatoms. The molecule has 0 heterocycles. The Morgan fingerprint density at radius 3 is 2.71 bits per heavy atom. The van der Waals surface area contributed by atoms with Crippen molar-refractivity contribution in [3.63, 3.8) is 0 Å². The van der Waals surface area contributed by atoms with Crippen molar-refractivity contribution in [2.75, 3.05) is 16.8 Å². The highest BCUT2D eigenvalue weighted by Crippen LogP contribution is 2.19. The summed E-state index contributed by atoms with van der Waals surface area (Å²) < 4.78 is 0. The number of nitrogens with one attached hydrogen (secondary N) is 2. The number of benzene rings is 1. The van der Waals surface area contributed by atoms with E-state index in [0.717, 1.165) is 17.9 Å². The normalized spacial score (nSPS) is 11.8. The van der Waals surface area contributed by atoms with E-state index in [2.05, 4.69) is 17.6 Å². The van der Waals surface area contributed by atoms with Crippen LogP contribution in [0.4, 0.5) is 10.5 Å². The first-order valence-electron chi connectivity index (χ1n) is 6.61. The van der Waals surface area contributed by atoms with Crippen LogP contribution in [-0.2, 0) is 0 Å². The molecule has 1 atom stereocenters. The molecular weight excluding hydrogens is 312 g/mol. The Balaban J connectivity index is 2.56. The molecule has 0 aromatic heterocycles. The van der Waals surface area contributed by atoms with E-state index in [1.54, 1.807) is 0 Å². The van der Waals surface area contributed by atoms with Crippen LogP contribution in [0.5, 0.6) is 0 Å². The summed E-state index contributed by atoms with van der Waals surface area (Å²) in [6.45, 7) is 4.02. The van der Waals surface area contributed by atoms with Crippen molar-refractivity contribution in [3.05, 3.63) is 28.8 Å². The second-order valence-corrected chi connectivity index (χ2v) is 6.35. The number of anilines is 1. The van der Waals surface area contributed by atoms with E-state index in [4.69, 9.17) is 16.7 Å². The SMILES string of the molecule is CCSCCC(C)NC(=O)Nc1cc(Cl)cc(C(=O)O)c1.